The van der Waals surface area contributed by atoms with Gasteiger partial charge in [-0.25, -0.2) is 9.78 Å². The number of hydrogen-bond acceptors (Lipinski definition) is 5. The summed E-state index contributed by atoms with van der Waals surface area (Å²) in [4.78, 5) is 11.7. The number of fused-ring (bicyclic) bond motifs is 3. The van der Waals surface area contributed by atoms with Gasteiger partial charge < -0.3 is 14.8 Å². The van der Waals surface area contributed by atoms with E-state index in [9.17, 15) is 0 Å². The molecule has 1 spiro atoms. The van der Waals surface area contributed by atoms with Gasteiger partial charge in [-0.05, 0) is 76.9 Å². The highest BCUT2D eigenvalue weighted by Crippen LogP contribution is 2.40. The van der Waals surface area contributed by atoms with Gasteiger partial charge in [0, 0.05) is 24.6 Å². The van der Waals surface area contributed by atoms with Gasteiger partial charge in [0.15, 0.2) is 0 Å². The van der Waals surface area contributed by atoms with Gasteiger partial charge in [0.2, 0.25) is 5.79 Å². The first-order valence-electron chi connectivity index (χ1n) is 12.4. The van der Waals surface area contributed by atoms with E-state index in [1.165, 1.54) is 27.9 Å². The summed E-state index contributed by atoms with van der Waals surface area (Å²) >= 11 is 0. The predicted octanol–water partition coefficient (Wildman–Crippen LogP) is 6.38. The zero-order valence-electron chi connectivity index (χ0n) is 20.1. The molecule has 3 aromatic rings. The number of ether oxygens (including phenoxy) is 2. The van der Waals surface area contributed by atoms with E-state index in [0.29, 0.717) is 12.6 Å². The quantitative estimate of drug-likeness (QED) is 0.344. The Balaban J connectivity index is 1.02. The van der Waals surface area contributed by atoms with E-state index in [1.54, 1.807) is 7.11 Å². The van der Waals surface area contributed by atoms with Crippen LogP contribution in [0.2, 0.25) is 0 Å². The second kappa shape index (κ2) is 9.15. The highest BCUT2D eigenvalue weighted by atomic mass is 17.2. The number of hydrogen-bond donors (Lipinski definition) is 1. The maximum Gasteiger partial charge on any atom is 0.201 e. The molecule has 6 rings (SSSR count). The lowest BCUT2D eigenvalue weighted by Crippen LogP contribution is -2.49. The average molecular weight is 470 g/mol. The van der Waals surface area contributed by atoms with Gasteiger partial charge in [-0.3, -0.25) is 0 Å². The zero-order chi connectivity index (χ0) is 23.8. The molecule has 1 saturated heterocycles. The lowest BCUT2D eigenvalue weighted by molar-refractivity contribution is -0.483. The summed E-state index contributed by atoms with van der Waals surface area (Å²) in [5.74, 6) is 0.155. The highest BCUT2D eigenvalue weighted by molar-refractivity contribution is 5.78. The second-order valence-corrected chi connectivity index (χ2v) is 9.77. The van der Waals surface area contributed by atoms with E-state index in [0.717, 1.165) is 49.0 Å². The molecular weight excluding hydrogens is 438 g/mol. The Bertz CT molecular complexity index is 1220. The molecule has 0 aromatic heterocycles. The van der Waals surface area contributed by atoms with Crippen LogP contribution in [0, 0.1) is 0 Å². The van der Waals surface area contributed by atoms with Gasteiger partial charge in [-0.15, -0.1) is 0 Å². The monoisotopic (exact) mass is 469 g/mol. The van der Waals surface area contributed by atoms with Crippen LogP contribution in [0.5, 0.6) is 5.75 Å². The summed E-state index contributed by atoms with van der Waals surface area (Å²) in [5.41, 5.74) is 8.57. The SMILES string of the molecule is C=C(c1ccc(OC)cc1)C1COC2(CCC(Nc3ccc4c(c3)Cc3ccccc3-4)CC2)OO1. The predicted molar refractivity (Wildman–Crippen MR) is 137 cm³/mol. The van der Waals surface area contributed by atoms with Gasteiger partial charge in [0.1, 0.15) is 11.9 Å². The van der Waals surface area contributed by atoms with Gasteiger partial charge >= 0.3 is 0 Å². The minimum Gasteiger partial charge on any atom is -0.497 e. The minimum absolute atomic E-state index is 0.319. The van der Waals surface area contributed by atoms with Crippen LogP contribution in [-0.4, -0.2) is 31.6 Å². The normalized spacial score (nSPS) is 25.1. The summed E-state index contributed by atoms with van der Waals surface area (Å²) in [7, 11) is 1.66. The number of nitrogens with one attached hydrogen (secondary N) is 1. The molecule has 1 heterocycles. The van der Waals surface area contributed by atoms with Crippen molar-refractivity contribution >= 4 is 11.3 Å². The van der Waals surface area contributed by atoms with Gasteiger partial charge in [0.25, 0.3) is 0 Å². The summed E-state index contributed by atoms with van der Waals surface area (Å²) in [6.45, 7) is 4.64. The molecule has 3 aromatic carbocycles. The van der Waals surface area contributed by atoms with Gasteiger partial charge in [-0.1, -0.05) is 49.0 Å². The van der Waals surface area contributed by atoms with Crippen molar-refractivity contribution < 1.29 is 19.2 Å². The molecule has 1 saturated carbocycles. The Hall–Kier alpha value is -3.12. The maximum absolute atomic E-state index is 6.24. The molecule has 5 heteroatoms. The lowest BCUT2D eigenvalue weighted by atomic mass is 9.89. The van der Waals surface area contributed by atoms with E-state index < -0.39 is 5.79 Å². The van der Waals surface area contributed by atoms with Crippen molar-refractivity contribution in [3.63, 3.8) is 0 Å². The fourth-order valence-corrected chi connectivity index (χ4v) is 5.48. The molecule has 1 atom stereocenters. The minimum atomic E-state index is -0.658. The Morgan fingerprint density at radius 1 is 0.971 bits per heavy atom. The first kappa shape index (κ1) is 22.4. The van der Waals surface area contributed by atoms with Crippen molar-refractivity contribution in [2.45, 2.75) is 50.0 Å². The first-order valence-corrected chi connectivity index (χ1v) is 12.4. The van der Waals surface area contributed by atoms with Gasteiger partial charge in [-0.2, -0.15) is 0 Å². The molecule has 0 amide bonds. The van der Waals surface area contributed by atoms with Crippen LogP contribution >= 0.6 is 0 Å². The highest BCUT2D eigenvalue weighted by Gasteiger charge is 2.43. The molecule has 2 aliphatic carbocycles. The standard InChI is InChI=1S/C30H31NO4/c1-20(21-7-10-26(32-2)11-8-21)29-19-33-30(35-34-29)15-13-24(14-16-30)31-25-9-12-28-23(18-25)17-22-5-3-4-6-27(22)28/h3-12,18,24,29,31H,1,13-17,19H2,2H3. The van der Waals surface area contributed by atoms with Crippen LogP contribution in [0.1, 0.15) is 42.4 Å². The van der Waals surface area contributed by atoms with Crippen LogP contribution in [-0.2, 0) is 20.9 Å². The van der Waals surface area contributed by atoms with Crippen molar-refractivity contribution in [1.82, 2.24) is 0 Å². The number of anilines is 1. The summed E-state index contributed by atoms with van der Waals surface area (Å²) in [6.07, 6.45) is 4.21. The topological polar surface area (TPSA) is 49.0 Å². The summed E-state index contributed by atoms with van der Waals surface area (Å²) in [6, 6.07) is 23.6. The van der Waals surface area contributed by atoms with E-state index in [-0.39, 0.29) is 6.10 Å². The van der Waals surface area contributed by atoms with Crippen molar-refractivity contribution in [1.29, 1.82) is 0 Å². The van der Waals surface area contributed by atoms with E-state index in [1.807, 2.05) is 24.3 Å². The van der Waals surface area contributed by atoms with E-state index >= 15 is 0 Å². The van der Waals surface area contributed by atoms with Crippen molar-refractivity contribution in [3.05, 3.63) is 90.0 Å². The summed E-state index contributed by atoms with van der Waals surface area (Å²) < 4.78 is 11.5. The van der Waals surface area contributed by atoms with Crippen LogP contribution in [0.15, 0.2) is 73.3 Å². The number of methoxy groups -OCH3 is 1. The fraction of sp³-hybridized carbons (Fsp3) is 0.333. The molecule has 0 radical (unpaired) electrons. The molecule has 1 N–H and O–H groups in total. The van der Waals surface area contributed by atoms with Gasteiger partial charge in [0.05, 0.1) is 13.7 Å². The van der Waals surface area contributed by atoms with Crippen LogP contribution < -0.4 is 10.1 Å². The average Bonchev–Trinajstić information content (AvgIpc) is 3.28. The molecule has 3 aliphatic rings. The molecule has 180 valence electrons. The van der Waals surface area contributed by atoms with E-state index in [2.05, 4.69) is 54.4 Å². The number of rotatable bonds is 5. The second-order valence-electron chi connectivity index (χ2n) is 9.77. The molecule has 1 aliphatic heterocycles. The molecule has 5 nitrogen and oxygen atoms in total. The maximum atomic E-state index is 6.24. The Kier molecular flexibility index (Phi) is 5.85. The fourth-order valence-electron chi connectivity index (χ4n) is 5.48. The lowest BCUT2D eigenvalue weighted by Gasteiger charge is -2.43. The Morgan fingerprint density at radius 3 is 2.49 bits per heavy atom. The molecular formula is C30H31NO4. The van der Waals surface area contributed by atoms with Crippen LogP contribution in [0.4, 0.5) is 5.69 Å². The van der Waals surface area contributed by atoms with E-state index in [4.69, 9.17) is 19.2 Å². The third kappa shape index (κ3) is 4.36. The third-order valence-corrected chi connectivity index (χ3v) is 7.58. The molecule has 35 heavy (non-hydrogen) atoms. The van der Waals surface area contributed by atoms with Crippen molar-refractivity contribution in [2.75, 3.05) is 19.0 Å². The van der Waals surface area contributed by atoms with Crippen molar-refractivity contribution in [2.24, 2.45) is 0 Å². The number of benzene rings is 3. The third-order valence-electron chi connectivity index (χ3n) is 7.58. The molecule has 0 bridgehead atoms. The Morgan fingerprint density at radius 2 is 1.74 bits per heavy atom. The zero-order valence-corrected chi connectivity index (χ0v) is 20.1. The molecule has 1 unspecified atom stereocenters. The smallest absolute Gasteiger partial charge is 0.201 e. The van der Waals surface area contributed by atoms with Crippen LogP contribution in [0.25, 0.3) is 16.7 Å². The van der Waals surface area contributed by atoms with Crippen molar-refractivity contribution in [3.8, 4) is 16.9 Å². The first-order chi connectivity index (χ1) is 17.1. The molecule has 2 fully saturated rings. The Labute approximate surface area is 206 Å². The largest absolute Gasteiger partial charge is 0.497 e. The summed E-state index contributed by atoms with van der Waals surface area (Å²) in [5, 5.41) is 3.74. The van der Waals surface area contributed by atoms with Crippen LogP contribution in [0.3, 0.4) is 0 Å².